The summed E-state index contributed by atoms with van der Waals surface area (Å²) < 4.78 is 27.6. The molecule has 0 atom stereocenters. The highest BCUT2D eigenvalue weighted by Crippen LogP contribution is 2.24. The van der Waals surface area contributed by atoms with Crippen molar-refractivity contribution in [1.29, 1.82) is 0 Å². The maximum absolute atomic E-state index is 12.6. The summed E-state index contributed by atoms with van der Waals surface area (Å²) in [5.41, 5.74) is 2.21. The molecule has 0 spiro atoms. The van der Waals surface area contributed by atoms with Crippen LogP contribution in [-0.4, -0.2) is 18.6 Å². The molecule has 0 saturated heterocycles. The minimum absolute atomic E-state index is 0.135. The number of aromatic nitrogens is 2. The van der Waals surface area contributed by atoms with Crippen LogP contribution in [0.5, 0.6) is 0 Å². The number of para-hydroxylation sites is 1. The van der Waals surface area contributed by atoms with Gasteiger partial charge in [-0.3, -0.25) is 4.72 Å². The lowest BCUT2D eigenvalue weighted by atomic mass is 10.2. The summed E-state index contributed by atoms with van der Waals surface area (Å²) >= 11 is 6.09. The van der Waals surface area contributed by atoms with Crippen LogP contribution < -0.4 is 10.0 Å². The Bertz CT molecular complexity index is 1040. The molecule has 0 aliphatic heterocycles. The molecule has 0 saturated carbocycles. The number of nitrogens with zero attached hydrogens (tertiary/aromatic N) is 2. The average molecular weight is 389 g/mol. The Kier molecular flexibility index (Phi) is 5.11. The monoisotopic (exact) mass is 388 g/mol. The van der Waals surface area contributed by atoms with E-state index in [2.05, 4.69) is 20.2 Å². The van der Waals surface area contributed by atoms with Gasteiger partial charge in [-0.1, -0.05) is 35.9 Å². The molecule has 1 heterocycles. The SMILES string of the molecule is Cc1ccc(C)c(S(=O)(=O)Nc2ccc(Nc3ccccc3Cl)nn2)c1. The van der Waals surface area contributed by atoms with Gasteiger partial charge >= 0.3 is 0 Å². The number of anilines is 3. The molecule has 3 aromatic rings. The number of aryl methyl sites for hydroxylation is 2. The smallest absolute Gasteiger partial charge is 0.263 e. The van der Waals surface area contributed by atoms with Crippen molar-refractivity contribution < 1.29 is 8.42 Å². The fourth-order valence-electron chi connectivity index (χ4n) is 2.34. The summed E-state index contributed by atoms with van der Waals surface area (Å²) in [5, 5.41) is 11.5. The van der Waals surface area contributed by atoms with Crippen LogP contribution in [0.25, 0.3) is 0 Å². The number of hydrogen-bond donors (Lipinski definition) is 2. The molecule has 2 N–H and O–H groups in total. The first kappa shape index (κ1) is 18.2. The highest BCUT2D eigenvalue weighted by molar-refractivity contribution is 7.92. The third-order valence-electron chi connectivity index (χ3n) is 3.67. The van der Waals surface area contributed by atoms with Crippen molar-refractivity contribution >= 4 is 38.9 Å². The van der Waals surface area contributed by atoms with E-state index < -0.39 is 10.0 Å². The lowest BCUT2D eigenvalue weighted by molar-refractivity contribution is 0.600. The first-order valence-electron chi connectivity index (χ1n) is 7.80. The summed E-state index contributed by atoms with van der Waals surface area (Å²) in [5.74, 6) is 0.586. The molecule has 0 bridgehead atoms. The van der Waals surface area contributed by atoms with E-state index in [0.717, 1.165) is 5.56 Å². The Morgan fingerprint density at radius 3 is 2.31 bits per heavy atom. The summed E-state index contributed by atoms with van der Waals surface area (Å²) in [6.45, 7) is 3.59. The van der Waals surface area contributed by atoms with Gasteiger partial charge in [0.25, 0.3) is 10.0 Å². The van der Waals surface area contributed by atoms with Gasteiger partial charge in [-0.15, -0.1) is 10.2 Å². The summed E-state index contributed by atoms with van der Waals surface area (Å²) in [6.07, 6.45) is 0. The van der Waals surface area contributed by atoms with E-state index in [0.29, 0.717) is 22.1 Å². The van der Waals surface area contributed by atoms with Gasteiger partial charge in [0.15, 0.2) is 11.6 Å². The molecule has 2 aromatic carbocycles. The predicted octanol–water partition coefficient (Wildman–Crippen LogP) is 4.29. The van der Waals surface area contributed by atoms with Crippen LogP contribution in [0, 0.1) is 13.8 Å². The van der Waals surface area contributed by atoms with Crippen LogP contribution in [0.15, 0.2) is 59.5 Å². The number of hydrogen-bond acceptors (Lipinski definition) is 5. The van der Waals surface area contributed by atoms with E-state index in [4.69, 9.17) is 11.6 Å². The fraction of sp³-hybridized carbons (Fsp3) is 0.111. The van der Waals surface area contributed by atoms with E-state index in [1.165, 1.54) is 6.07 Å². The molecule has 0 radical (unpaired) electrons. The Labute approximate surface area is 157 Å². The Morgan fingerprint density at radius 1 is 0.923 bits per heavy atom. The van der Waals surface area contributed by atoms with Gasteiger partial charge in [0.1, 0.15) is 0 Å². The van der Waals surface area contributed by atoms with Crippen LogP contribution in [0.4, 0.5) is 17.3 Å². The predicted molar refractivity (Wildman–Crippen MR) is 103 cm³/mol. The zero-order chi connectivity index (χ0) is 18.7. The van der Waals surface area contributed by atoms with Crippen molar-refractivity contribution in [3.63, 3.8) is 0 Å². The van der Waals surface area contributed by atoms with Crippen LogP contribution in [0.3, 0.4) is 0 Å². The third kappa shape index (κ3) is 4.12. The van der Waals surface area contributed by atoms with E-state index in [-0.39, 0.29) is 10.7 Å². The lowest BCUT2D eigenvalue weighted by Crippen LogP contribution is -2.15. The standard InChI is InChI=1S/C18H17ClN4O2S/c1-12-7-8-13(2)16(11-12)26(24,25)23-18-10-9-17(21-22-18)20-15-6-4-3-5-14(15)19/h3-11H,1-2H3,(H,20,21)(H,22,23). The molecule has 0 aliphatic carbocycles. The molecule has 1 aromatic heterocycles. The number of halogens is 1. The first-order chi connectivity index (χ1) is 12.3. The van der Waals surface area contributed by atoms with Crippen molar-refractivity contribution in [3.8, 4) is 0 Å². The van der Waals surface area contributed by atoms with E-state index in [9.17, 15) is 8.42 Å². The highest BCUT2D eigenvalue weighted by atomic mass is 35.5. The number of sulfonamides is 1. The van der Waals surface area contributed by atoms with Gasteiger partial charge in [0.2, 0.25) is 0 Å². The second-order valence-corrected chi connectivity index (χ2v) is 7.84. The Morgan fingerprint density at radius 2 is 1.62 bits per heavy atom. The third-order valence-corrected chi connectivity index (χ3v) is 5.50. The fourth-order valence-corrected chi connectivity index (χ4v) is 3.85. The largest absolute Gasteiger partial charge is 0.338 e. The van der Waals surface area contributed by atoms with Gasteiger partial charge in [0.05, 0.1) is 15.6 Å². The highest BCUT2D eigenvalue weighted by Gasteiger charge is 2.18. The second-order valence-electron chi connectivity index (χ2n) is 5.78. The van der Waals surface area contributed by atoms with Gasteiger partial charge in [-0.2, -0.15) is 0 Å². The van der Waals surface area contributed by atoms with Gasteiger partial charge in [-0.05, 0) is 55.3 Å². The molecule has 3 rings (SSSR count). The second kappa shape index (κ2) is 7.31. The van der Waals surface area contributed by atoms with E-state index in [1.54, 1.807) is 37.3 Å². The normalized spacial score (nSPS) is 11.2. The topological polar surface area (TPSA) is 84.0 Å². The van der Waals surface area contributed by atoms with Crippen molar-refractivity contribution in [3.05, 3.63) is 70.7 Å². The van der Waals surface area contributed by atoms with E-state index in [1.807, 2.05) is 25.1 Å². The number of nitrogens with one attached hydrogen (secondary N) is 2. The Hall–Kier alpha value is -2.64. The van der Waals surface area contributed by atoms with Crippen LogP contribution in [0.2, 0.25) is 5.02 Å². The molecule has 0 unspecified atom stereocenters. The summed E-state index contributed by atoms with van der Waals surface area (Å²) in [6, 6.07) is 15.6. The molecular formula is C18H17ClN4O2S. The molecule has 0 aliphatic rings. The summed E-state index contributed by atoms with van der Waals surface area (Å²) in [4.78, 5) is 0.220. The average Bonchev–Trinajstić information content (AvgIpc) is 2.60. The zero-order valence-electron chi connectivity index (χ0n) is 14.2. The molecule has 0 fully saturated rings. The maximum Gasteiger partial charge on any atom is 0.263 e. The molecular weight excluding hydrogens is 372 g/mol. The van der Waals surface area contributed by atoms with Gasteiger partial charge in [-0.25, -0.2) is 8.42 Å². The minimum Gasteiger partial charge on any atom is -0.338 e. The van der Waals surface area contributed by atoms with Crippen molar-refractivity contribution in [2.75, 3.05) is 10.0 Å². The van der Waals surface area contributed by atoms with Gasteiger partial charge in [0, 0.05) is 0 Å². The molecule has 0 amide bonds. The van der Waals surface area contributed by atoms with Crippen LogP contribution >= 0.6 is 11.6 Å². The van der Waals surface area contributed by atoms with E-state index >= 15 is 0 Å². The van der Waals surface area contributed by atoms with Crippen LogP contribution in [-0.2, 0) is 10.0 Å². The minimum atomic E-state index is -3.74. The maximum atomic E-state index is 12.6. The molecule has 6 nitrogen and oxygen atoms in total. The quantitative estimate of drug-likeness (QED) is 0.681. The number of benzene rings is 2. The van der Waals surface area contributed by atoms with Crippen LogP contribution in [0.1, 0.15) is 11.1 Å². The van der Waals surface area contributed by atoms with Crippen molar-refractivity contribution in [2.45, 2.75) is 18.7 Å². The molecule has 134 valence electrons. The molecule has 8 heteroatoms. The lowest BCUT2D eigenvalue weighted by Gasteiger charge is -2.11. The summed E-state index contributed by atoms with van der Waals surface area (Å²) in [7, 11) is -3.74. The first-order valence-corrected chi connectivity index (χ1v) is 9.66. The van der Waals surface area contributed by atoms with Gasteiger partial charge < -0.3 is 5.32 Å². The Balaban J connectivity index is 1.79. The van der Waals surface area contributed by atoms with Crippen molar-refractivity contribution in [1.82, 2.24) is 10.2 Å². The zero-order valence-corrected chi connectivity index (χ0v) is 15.8. The molecule has 26 heavy (non-hydrogen) atoms. The van der Waals surface area contributed by atoms with Crippen molar-refractivity contribution in [2.24, 2.45) is 0 Å². The number of rotatable bonds is 5.